The Labute approximate surface area is 115 Å². The molecular weight excluding hydrogens is 249 g/mol. The second kappa shape index (κ2) is 7.10. The Bertz CT molecular complexity index is 369. The van der Waals surface area contributed by atoms with Crippen molar-refractivity contribution in [2.24, 2.45) is 17.8 Å². The molecule has 1 rings (SSSR count). The van der Waals surface area contributed by atoms with Gasteiger partial charge in [-0.2, -0.15) is 0 Å². The van der Waals surface area contributed by atoms with Crippen LogP contribution in [0.3, 0.4) is 0 Å². The predicted octanol–water partition coefficient (Wildman–Crippen LogP) is 4.50. The van der Waals surface area contributed by atoms with E-state index in [4.69, 9.17) is 11.6 Å². The average molecular weight is 272 g/mol. The molecule has 0 aliphatic carbocycles. The van der Waals surface area contributed by atoms with Crippen LogP contribution in [-0.2, 0) is 6.54 Å². The highest BCUT2D eigenvalue weighted by Crippen LogP contribution is 2.20. The van der Waals surface area contributed by atoms with Gasteiger partial charge in [-0.15, -0.1) is 0 Å². The van der Waals surface area contributed by atoms with E-state index in [9.17, 15) is 4.39 Å². The lowest BCUT2D eigenvalue weighted by molar-refractivity contribution is 0.275. The Morgan fingerprint density at radius 1 is 1.17 bits per heavy atom. The molecule has 0 atom stereocenters. The van der Waals surface area contributed by atoms with Crippen molar-refractivity contribution in [1.82, 2.24) is 5.32 Å². The van der Waals surface area contributed by atoms with Crippen LogP contribution in [-0.4, -0.2) is 6.54 Å². The molecular formula is C15H23ClFN. The molecule has 0 heterocycles. The highest BCUT2D eigenvalue weighted by atomic mass is 35.5. The fraction of sp³-hybridized carbons (Fsp3) is 0.600. The van der Waals surface area contributed by atoms with E-state index in [-0.39, 0.29) is 10.8 Å². The van der Waals surface area contributed by atoms with Crippen molar-refractivity contribution < 1.29 is 4.39 Å². The van der Waals surface area contributed by atoms with E-state index in [2.05, 4.69) is 33.0 Å². The number of rotatable bonds is 6. The highest BCUT2D eigenvalue weighted by molar-refractivity contribution is 6.30. The van der Waals surface area contributed by atoms with Gasteiger partial charge in [0.15, 0.2) is 0 Å². The van der Waals surface area contributed by atoms with Crippen LogP contribution >= 0.6 is 11.6 Å². The van der Waals surface area contributed by atoms with E-state index in [1.54, 1.807) is 12.1 Å². The zero-order chi connectivity index (χ0) is 13.7. The molecule has 0 amide bonds. The van der Waals surface area contributed by atoms with Crippen molar-refractivity contribution in [3.05, 3.63) is 34.6 Å². The maximum Gasteiger partial charge on any atom is 0.141 e. The van der Waals surface area contributed by atoms with Gasteiger partial charge in [0.1, 0.15) is 5.82 Å². The maximum absolute atomic E-state index is 13.0. The molecule has 0 unspecified atom stereocenters. The Kier molecular flexibility index (Phi) is 6.10. The van der Waals surface area contributed by atoms with Crippen LogP contribution in [0, 0.1) is 23.6 Å². The van der Waals surface area contributed by atoms with Crippen LogP contribution in [0.2, 0.25) is 5.02 Å². The molecule has 0 fully saturated rings. The summed E-state index contributed by atoms with van der Waals surface area (Å²) in [7, 11) is 0. The minimum absolute atomic E-state index is 0.193. The van der Waals surface area contributed by atoms with Gasteiger partial charge >= 0.3 is 0 Å². The molecule has 0 aliphatic rings. The summed E-state index contributed by atoms with van der Waals surface area (Å²) >= 11 is 5.75. The van der Waals surface area contributed by atoms with Crippen LogP contribution in [0.5, 0.6) is 0 Å². The van der Waals surface area contributed by atoms with Crippen LogP contribution in [0.25, 0.3) is 0 Å². The first-order valence-corrected chi connectivity index (χ1v) is 6.94. The normalized spacial score (nSPS) is 11.8. The standard InChI is InChI=1S/C15H23ClFN/c1-10(2)13(11(3)4)9-18-8-12-5-6-15(17)14(16)7-12/h5-7,10-11,13,18H,8-9H2,1-4H3. The zero-order valence-electron chi connectivity index (χ0n) is 11.6. The molecule has 0 bridgehead atoms. The largest absolute Gasteiger partial charge is 0.312 e. The summed E-state index contributed by atoms with van der Waals surface area (Å²) < 4.78 is 13.0. The summed E-state index contributed by atoms with van der Waals surface area (Å²) in [6.45, 7) is 10.7. The van der Waals surface area contributed by atoms with Gasteiger partial charge in [0.25, 0.3) is 0 Å². The molecule has 3 heteroatoms. The molecule has 1 N–H and O–H groups in total. The molecule has 18 heavy (non-hydrogen) atoms. The van der Waals surface area contributed by atoms with Gasteiger partial charge in [-0.3, -0.25) is 0 Å². The Morgan fingerprint density at radius 2 is 1.78 bits per heavy atom. The maximum atomic E-state index is 13.0. The highest BCUT2D eigenvalue weighted by Gasteiger charge is 2.16. The zero-order valence-corrected chi connectivity index (χ0v) is 12.4. The second-order valence-corrected chi connectivity index (χ2v) is 5.94. The molecule has 0 spiro atoms. The number of nitrogens with one attached hydrogen (secondary N) is 1. The smallest absolute Gasteiger partial charge is 0.141 e. The van der Waals surface area contributed by atoms with Crippen LogP contribution in [0.1, 0.15) is 33.3 Å². The molecule has 0 radical (unpaired) electrons. The predicted molar refractivity (Wildman–Crippen MR) is 76.3 cm³/mol. The van der Waals surface area contributed by atoms with Crippen molar-refractivity contribution in [1.29, 1.82) is 0 Å². The minimum Gasteiger partial charge on any atom is -0.312 e. The first-order valence-electron chi connectivity index (χ1n) is 6.56. The SMILES string of the molecule is CC(C)C(CNCc1ccc(F)c(Cl)c1)C(C)C. The molecule has 102 valence electrons. The topological polar surface area (TPSA) is 12.0 Å². The lowest BCUT2D eigenvalue weighted by atomic mass is 9.85. The van der Waals surface area contributed by atoms with Crippen LogP contribution < -0.4 is 5.32 Å². The molecule has 1 aromatic carbocycles. The van der Waals surface area contributed by atoms with E-state index >= 15 is 0 Å². The molecule has 0 aromatic heterocycles. The minimum atomic E-state index is -0.359. The average Bonchev–Trinajstić information content (AvgIpc) is 2.28. The van der Waals surface area contributed by atoms with E-state index in [0.29, 0.717) is 17.8 Å². The molecule has 0 saturated heterocycles. The van der Waals surface area contributed by atoms with E-state index in [1.807, 2.05) is 0 Å². The monoisotopic (exact) mass is 271 g/mol. The summed E-state index contributed by atoms with van der Waals surface area (Å²) in [5.74, 6) is 1.62. The Morgan fingerprint density at radius 3 is 2.28 bits per heavy atom. The lowest BCUT2D eigenvalue weighted by Crippen LogP contribution is -2.29. The first-order chi connectivity index (χ1) is 8.41. The van der Waals surface area contributed by atoms with Crippen molar-refractivity contribution >= 4 is 11.6 Å². The number of hydrogen-bond acceptors (Lipinski definition) is 1. The molecule has 0 aliphatic heterocycles. The summed E-state index contributed by atoms with van der Waals surface area (Å²) in [6, 6.07) is 4.87. The van der Waals surface area contributed by atoms with Gasteiger partial charge in [-0.05, 0) is 42.0 Å². The third-order valence-electron chi connectivity index (χ3n) is 3.41. The summed E-state index contributed by atoms with van der Waals surface area (Å²) in [5.41, 5.74) is 1.02. The summed E-state index contributed by atoms with van der Waals surface area (Å²) in [6.07, 6.45) is 0. The van der Waals surface area contributed by atoms with Crippen molar-refractivity contribution in [3.63, 3.8) is 0 Å². The van der Waals surface area contributed by atoms with Crippen LogP contribution in [0.4, 0.5) is 4.39 Å². The Balaban J connectivity index is 2.47. The van der Waals surface area contributed by atoms with Gasteiger partial charge in [0, 0.05) is 6.54 Å². The second-order valence-electron chi connectivity index (χ2n) is 5.53. The van der Waals surface area contributed by atoms with Crippen molar-refractivity contribution in [2.45, 2.75) is 34.2 Å². The van der Waals surface area contributed by atoms with E-state index in [0.717, 1.165) is 18.7 Å². The van der Waals surface area contributed by atoms with Gasteiger partial charge in [-0.1, -0.05) is 45.4 Å². The third kappa shape index (κ3) is 4.58. The molecule has 0 saturated carbocycles. The van der Waals surface area contributed by atoms with E-state index in [1.165, 1.54) is 6.07 Å². The van der Waals surface area contributed by atoms with Crippen molar-refractivity contribution in [3.8, 4) is 0 Å². The summed E-state index contributed by atoms with van der Waals surface area (Å²) in [4.78, 5) is 0. The first kappa shape index (κ1) is 15.5. The van der Waals surface area contributed by atoms with Gasteiger partial charge in [-0.25, -0.2) is 4.39 Å². The number of benzene rings is 1. The third-order valence-corrected chi connectivity index (χ3v) is 3.70. The fourth-order valence-corrected chi connectivity index (χ4v) is 2.48. The number of halogens is 2. The Hall–Kier alpha value is -0.600. The van der Waals surface area contributed by atoms with Gasteiger partial charge in [0.05, 0.1) is 5.02 Å². The van der Waals surface area contributed by atoms with Crippen LogP contribution in [0.15, 0.2) is 18.2 Å². The summed E-state index contributed by atoms with van der Waals surface area (Å²) in [5, 5.41) is 3.62. The number of hydrogen-bond donors (Lipinski definition) is 1. The van der Waals surface area contributed by atoms with E-state index < -0.39 is 0 Å². The fourth-order valence-electron chi connectivity index (χ4n) is 2.27. The van der Waals surface area contributed by atoms with Gasteiger partial charge < -0.3 is 5.32 Å². The van der Waals surface area contributed by atoms with Crippen molar-refractivity contribution in [2.75, 3.05) is 6.54 Å². The molecule has 1 nitrogen and oxygen atoms in total. The van der Waals surface area contributed by atoms with Gasteiger partial charge in [0.2, 0.25) is 0 Å². The molecule has 1 aromatic rings. The lowest BCUT2D eigenvalue weighted by Gasteiger charge is -2.25. The quantitative estimate of drug-likeness (QED) is 0.803.